The first-order valence-electron chi connectivity index (χ1n) is 6.98. The van der Waals surface area contributed by atoms with Crippen molar-refractivity contribution in [3.05, 3.63) is 35.2 Å². The highest BCUT2D eigenvalue weighted by molar-refractivity contribution is 7.17. The highest BCUT2D eigenvalue weighted by Crippen LogP contribution is 2.26. The molecule has 21 heavy (non-hydrogen) atoms. The van der Waals surface area contributed by atoms with Crippen LogP contribution in [-0.4, -0.2) is 30.4 Å². The molecule has 1 aromatic heterocycles. The zero-order valence-corrected chi connectivity index (χ0v) is 14.3. The molecule has 1 heterocycles. The summed E-state index contributed by atoms with van der Waals surface area (Å²) in [6.45, 7) is 4.92. The third-order valence-electron chi connectivity index (χ3n) is 3.71. The van der Waals surface area contributed by atoms with Crippen LogP contribution in [0.5, 0.6) is 0 Å². The molecule has 0 spiro atoms. The van der Waals surface area contributed by atoms with Gasteiger partial charge >= 0.3 is 0 Å². The highest BCUT2D eigenvalue weighted by atomic mass is 35.5. The summed E-state index contributed by atoms with van der Waals surface area (Å²) in [7, 11) is 1.85. The van der Waals surface area contributed by atoms with E-state index in [1.54, 1.807) is 16.2 Å². The van der Waals surface area contributed by atoms with Crippen molar-refractivity contribution >= 4 is 39.7 Å². The molecule has 0 aliphatic heterocycles. The predicted octanol–water partition coefficient (Wildman–Crippen LogP) is 3.77. The second-order valence-electron chi connectivity index (χ2n) is 5.57. The van der Waals surface area contributed by atoms with Gasteiger partial charge in [-0.15, -0.1) is 23.7 Å². The molecule has 0 saturated carbocycles. The van der Waals surface area contributed by atoms with Gasteiger partial charge in [-0.25, -0.2) is 0 Å². The van der Waals surface area contributed by atoms with Gasteiger partial charge in [-0.1, -0.05) is 32.0 Å². The Morgan fingerprint density at radius 2 is 2.00 bits per heavy atom. The third-order valence-corrected chi connectivity index (χ3v) is 4.68. The van der Waals surface area contributed by atoms with Crippen LogP contribution in [0.4, 0.5) is 0 Å². The number of carbonyl (C=O) groups is 1. The number of carbonyl (C=O) groups excluding carboxylic acids is 1. The number of rotatable bonds is 5. The Morgan fingerprint density at radius 1 is 1.33 bits per heavy atom. The first-order chi connectivity index (χ1) is 9.50. The van der Waals surface area contributed by atoms with Crippen molar-refractivity contribution in [3.8, 4) is 0 Å². The number of thiophene rings is 1. The quantitative estimate of drug-likeness (QED) is 0.909. The molecule has 0 aliphatic carbocycles. The maximum Gasteiger partial charge on any atom is 0.255 e. The average molecular weight is 327 g/mol. The lowest BCUT2D eigenvalue weighted by Gasteiger charge is -2.21. The van der Waals surface area contributed by atoms with Crippen molar-refractivity contribution in [1.82, 2.24) is 4.90 Å². The molecule has 1 aromatic carbocycles. The van der Waals surface area contributed by atoms with Crippen LogP contribution >= 0.6 is 23.7 Å². The summed E-state index contributed by atoms with van der Waals surface area (Å²) in [4.78, 5) is 14.3. The number of hydrogen-bond acceptors (Lipinski definition) is 3. The third kappa shape index (κ3) is 4.19. The van der Waals surface area contributed by atoms with Gasteiger partial charge in [0.25, 0.3) is 5.91 Å². The van der Waals surface area contributed by atoms with Gasteiger partial charge in [0, 0.05) is 35.1 Å². The van der Waals surface area contributed by atoms with Gasteiger partial charge in [0.2, 0.25) is 0 Å². The Bertz CT molecular complexity index is 597. The van der Waals surface area contributed by atoms with E-state index in [1.165, 1.54) is 0 Å². The van der Waals surface area contributed by atoms with Gasteiger partial charge in [-0.05, 0) is 18.4 Å². The lowest BCUT2D eigenvalue weighted by atomic mass is 10.0. The largest absolute Gasteiger partial charge is 0.342 e. The molecule has 5 heteroatoms. The van der Waals surface area contributed by atoms with Crippen LogP contribution in [0, 0.1) is 5.92 Å². The lowest BCUT2D eigenvalue weighted by molar-refractivity contribution is 0.0791. The smallest absolute Gasteiger partial charge is 0.255 e. The van der Waals surface area contributed by atoms with Crippen LogP contribution in [0.3, 0.4) is 0 Å². The van der Waals surface area contributed by atoms with Crippen molar-refractivity contribution in [2.24, 2.45) is 11.7 Å². The number of hydrogen-bond donors (Lipinski definition) is 1. The van der Waals surface area contributed by atoms with Crippen molar-refractivity contribution in [1.29, 1.82) is 0 Å². The summed E-state index contributed by atoms with van der Waals surface area (Å²) in [5.74, 6) is 0.527. The summed E-state index contributed by atoms with van der Waals surface area (Å²) in [6, 6.07) is 8.17. The summed E-state index contributed by atoms with van der Waals surface area (Å²) >= 11 is 1.62. The fourth-order valence-corrected chi connectivity index (χ4v) is 3.06. The summed E-state index contributed by atoms with van der Waals surface area (Å²) in [5.41, 5.74) is 6.84. The zero-order chi connectivity index (χ0) is 14.7. The fourth-order valence-electron chi connectivity index (χ4n) is 2.13. The highest BCUT2D eigenvalue weighted by Gasteiger charge is 2.17. The van der Waals surface area contributed by atoms with Crippen LogP contribution in [0.1, 0.15) is 30.6 Å². The number of halogens is 1. The normalized spacial score (nSPS) is 12.2. The molecule has 2 aromatic rings. The number of fused-ring (bicyclic) bond motifs is 1. The van der Waals surface area contributed by atoms with E-state index in [0.29, 0.717) is 12.5 Å². The predicted molar refractivity (Wildman–Crippen MR) is 93.5 cm³/mol. The van der Waals surface area contributed by atoms with Crippen molar-refractivity contribution in [2.75, 3.05) is 13.6 Å². The Kier molecular flexibility index (Phi) is 6.65. The van der Waals surface area contributed by atoms with E-state index in [4.69, 9.17) is 5.73 Å². The van der Waals surface area contributed by atoms with Crippen molar-refractivity contribution < 1.29 is 4.79 Å². The second kappa shape index (κ2) is 7.78. The summed E-state index contributed by atoms with van der Waals surface area (Å²) in [5, 5.41) is 2.99. The van der Waals surface area contributed by atoms with Crippen LogP contribution in [0.25, 0.3) is 10.1 Å². The van der Waals surface area contributed by atoms with Crippen LogP contribution < -0.4 is 5.73 Å². The Labute approximate surface area is 136 Å². The molecule has 0 fully saturated rings. The van der Waals surface area contributed by atoms with Gasteiger partial charge in [-0.3, -0.25) is 4.79 Å². The minimum atomic E-state index is 0. The van der Waals surface area contributed by atoms with Gasteiger partial charge in [0.05, 0.1) is 5.56 Å². The maximum absolute atomic E-state index is 12.5. The first kappa shape index (κ1) is 18.0. The second-order valence-corrected chi connectivity index (χ2v) is 6.48. The number of nitrogens with two attached hydrogens (primary N) is 1. The molecular weight excluding hydrogens is 304 g/mol. The Morgan fingerprint density at radius 3 is 2.67 bits per heavy atom. The molecule has 2 rings (SSSR count). The molecule has 116 valence electrons. The number of amides is 1. The van der Waals surface area contributed by atoms with E-state index in [2.05, 4.69) is 13.8 Å². The lowest BCUT2D eigenvalue weighted by Crippen LogP contribution is -2.34. The van der Waals surface area contributed by atoms with Crippen LogP contribution in [0.15, 0.2) is 29.6 Å². The van der Waals surface area contributed by atoms with Crippen molar-refractivity contribution in [2.45, 2.75) is 26.3 Å². The van der Waals surface area contributed by atoms with E-state index in [-0.39, 0.29) is 24.4 Å². The summed E-state index contributed by atoms with van der Waals surface area (Å²) in [6.07, 6.45) is 0.835. The SMILES string of the molecule is CC(C)C(N)CCN(C)C(=O)c1csc2ccccc12.Cl. The Balaban J connectivity index is 0.00000220. The van der Waals surface area contributed by atoms with Gasteiger partial charge in [0.15, 0.2) is 0 Å². The van der Waals surface area contributed by atoms with E-state index in [9.17, 15) is 4.79 Å². The van der Waals surface area contributed by atoms with Gasteiger partial charge < -0.3 is 10.6 Å². The van der Waals surface area contributed by atoms with Crippen molar-refractivity contribution in [3.63, 3.8) is 0 Å². The van der Waals surface area contributed by atoms with Gasteiger partial charge in [0.1, 0.15) is 0 Å². The molecule has 1 atom stereocenters. The topological polar surface area (TPSA) is 46.3 Å². The standard InChI is InChI=1S/C16H22N2OS.ClH/c1-11(2)14(17)8-9-18(3)16(19)13-10-20-15-7-5-4-6-12(13)15;/h4-7,10-11,14H,8-9,17H2,1-3H3;1H. The number of nitrogens with zero attached hydrogens (tertiary/aromatic N) is 1. The van der Waals surface area contributed by atoms with E-state index in [1.807, 2.05) is 36.7 Å². The van der Waals surface area contributed by atoms with Crippen LogP contribution in [-0.2, 0) is 0 Å². The van der Waals surface area contributed by atoms with E-state index >= 15 is 0 Å². The number of benzene rings is 1. The molecule has 0 aliphatic rings. The Hall–Kier alpha value is -1.10. The molecule has 1 unspecified atom stereocenters. The first-order valence-corrected chi connectivity index (χ1v) is 7.86. The molecule has 2 N–H and O–H groups in total. The minimum absolute atomic E-state index is 0. The van der Waals surface area contributed by atoms with E-state index < -0.39 is 0 Å². The molecule has 1 amide bonds. The molecule has 3 nitrogen and oxygen atoms in total. The summed E-state index contributed by atoms with van der Waals surface area (Å²) < 4.78 is 1.16. The molecule has 0 bridgehead atoms. The average Bonchev–Trinajstić information content (AvgIpc) is 2.87. The minimum Gasteiger partial charge on any atom is -0.342 e. The van der Waals surface area contributed by atoms with Crippen LogP contribution in [0.2, 0.25) is 0 Å². The fraction of sp³-hybridized carbons (Fsp3) is 0.438. The van der Waals surface area contributed by atoms with E-state index in [0.717, 1.165) is 22.1 Å². The zero-order valence-electron chi connectivity index (χ0n) is 12.7. The molecular formula is C16H23ClN2OS. The maximum atomic E-state index is 12.5. The molecule has 0 radical (unpaired) electrons. The van der Waals surface area contributed by atoms with Gasteiger partial charge in [-0.2, -0.15) is 0 Å². The monoisotopic (exact) mass is 326 g/mol. The molecule has 0 saturated heterocycles.